The number of hydrogen-bond acceptors (Lipinski definition) is 1. The molecule has 0 radical (unpaired) electrons. The second-order valence-electron chi connectivity index (χ2n) is 5.75. The zero-order chi connectivity index (χ0) is 14.3. The Morgan fingerprint density at radius 1 is 0.895 bits per heavy atom. The molecule has 0 fully saturated rings. The van der Waals surface area contributed by atoms with Gasteiger partial charge in [-0.3, -0.25) is 4.79 Å². The van der Waals surface area contributed by atoms with E-state index in [-0.39, 0.29) is 5.92 Å². The summed E-state index contributed by atoms with van der Waals surface area (Å²) in [6, 6.07) is 0. The summed E-state index contributed by atoms with van der Waals surface area (Å²) in [5.74, 6) is 0.506. The van der Waals surface area contributed by atoms with E-state index in [9.17, 15) is 4.79 Å². The summed E-state index contributed by atoms with van der Waals surface area (Å²) in [7, 11) is 0. The van der Waals surface area contributed by atoms with Gasteiger partial charge in [0.25, 0.3) is 0 Å². The lowest BCUT2D eigenvalue weighted by molar-refractivity contribution is -0.117. The average Bonchev–Trinajstić information content (AvgIpc) is 2.61. The number of Topliss-reactive ketones (excluding diaryl/α,β-unsaturated/α-hetero) is 1. The van der Waals surface area contributed by atoms with Gasteiger partial charge in [0.2, 0.25) is 0 Å². The van der Waals surface area contributed by atoms with Crippen molar-refractivity contribution in [1.29, 1.82) is 0 Å². The largest absolute Gasteiger partial charge is 0.294 e. The molecule has 19 heavy (non-hydrogen) atoms. The molecule has 1 unspecified atom stereocenters. The summed E-state index contributed by atoms with van der Waals surface area (Å²) in [6.45, 7) is 10.8. The first-order chi connectivity index (χ1) is 9.17. The maximum absolute atomic E-state index is 12.5. The minimum Gasteiger partial charge on any atom is -0.294 e. The minimum absolute atomic E-state index is 0.111. The molecular weight excluding hydrogens is 232 g/mol. The Hall–Kier alpha value is -0.850. The van der Waals surface area contributed by atoms with Crippen molar-refractivity contribution in [2.45, 2.75) is 78.6 Å². The molecule has 1 atom stereocenters. The number of allylic oxidation sites excluding steroid dienone is 3. The first-order valence-electron chi connectivity index (χ1n) is 8.12. The Morgan fingerprint density at radius 3 is 2.11 bits per heavy atom. The van der Waals surface area contributed by atoms with Crippen molar-refractivity contribution >= 4 is 5.78 Å². The van der Waals surface area contributed by atoms with Crippen LogP contribution in [-0.2, 0) is 4.79 Å². The standard InChI is InChI=1S/C18H30O/c1-5-8-9-10-13-16-14(4)15(11-6-2)17(12-7-3)18(16)19/h16H,4-13H2,1-3H3. The van der Waals surface area contributed by atoms with Crippen molar-refractivity contribution in [3.8, 4) is 0 Å². The van der Waals surface area contributed by atoms with Gasteiger partial charge in [0.15, 0.2) is 5.78 Å². The SMILES string of the molecule is C=C1C(CCC)=C(CCC)C(=O)C1CCCCCC. The number of carbonyl (C=O) groups excluding carboxylic acids is 1. The maximum atomic E-state index is 12.5. The van der Waals surface area contributed by atoms with Crippen LogP contribution < -0.4 is 0 Å². The third-order valence-corrected chi connectivity index (χ3v) is 4.13. The van der Waals surface area contributed by atoms with E-state index in [1.54, 1.807) is 0 Å². The van der Waals surface area contributed by atoms with Crippen molar-refractivity contribution in [2.75, 3.05) is 0 Å². The van der Waals surface area contributed by atoms with E-state index in [0.717, 1.165) is 43.3 Å². The van der Waals surface area contributed by atoms with E-state index in [1.807, 2.05) is 0 Å². The summed E-state index contributed by atoms with van der Waals surface area (Å²) in [5.41, 5.74) is 3.55. The number of hydrogen-bond donors (Lipinski definition) is 0. The fourth-order valence-electron chi connectivity index (χ4n) is 3.09. The van der Waals surface area contributed by atoms with Gasteiger partial charge in [-0.25, -0.2) is 0 Å². The summed E-state index contributed by atoms with van der Waals surface area (Å²) in [5, 5.41) is 0. The van der Waals surface area contributed by atoms with Gasteiger partial charge in [-0.15, -0.1) is 0 Å². The number of carbonyl (C=O) groups is 1. The highest BCUT2D eigenvalue weighted by atomic mass is 16.1. The zero-order valence-electron chi connectivity index (χ0n) is 13.1. The highest BCUT2D eigenvalue weighted by molar-refractivity contribution is 6.04. The molecule has 0 aliphatic heterocycles. The average molecular weight is 262 g/mol. The Kier molecular flexibility index (Phi) is 7.12. The fourth-order valence-corrected chi connectivity index (χ4v) is 3.09. The van der Waals surface area contributed by atoms with Crippen molar-refractivity contribution < 1.29 is 4.79 Å². The molecule has 1 rings (SSSR count). The van der Waals surface area contributed by atoms with Crippen LogP contribution in [-0.4, -0.2) is 5.78 Å². The van der Waals surface area contributed by atoms with E-state index < -0.39 is 0 Å². The van der Waals surface area contributed by atoms with Gasteiger partial charge in [-0.05, 0) is 36.0 Å². The summed E-state index contributed by atoms with van der Waals surface area (Å²) < 4.78 is 0. The molecule has 0 aromatic carbocycles. The van der Waals surface area contributed by atoms with Crippen LogP contribution in [0.15, 0.2) is 23.3 Å². The highest BCUT2D eigenvalue weighted by Crippen LogP contribution is 2.39. The monoisotopic (exact) mass is 262 g/mol. The van der Waals surface area contributed by atoms with Crippen LogP contribution in [0.1, 0.15) is 78.6 Å². The Bertz CT molecular complexity index is 321. The molecule has 1 aliphatic rings. The summed E-state index contributed by atoms with van der Waals surface area (Å²) in [4.78, 5) is 12.5. The molecule has 0 aromatic heterocycles. The van der Waals surface area contributed by atoms with E-state index in [0.29, 0.717) is 5.78 Å². The number of unbranched alkanes of at least 4 members (excludes halogenated alkanes) is 3. The van der Waals surface area contributed by atoms with Crippen LogP contribution in [0.2, 0.25) is 0 Å². The zero-order valence-corrected chi connectivity index (χ0v) is 13.1. The summed E-state index contributed by atoms with van der Waals surface area (Å²) in [6.07, 6.45) is 10.1. The lowest BCUT2D eigenvalue weighted by atomic mass is 9.91. The normalized spacial score (nSPS) is 19.6. The van der Waals surface area contributed by atoms with Crippen LogP contribution in [0.3, 0.4) is 0 Å². The maximum Gasteiger partial charge on any atom is 0.166 e. The Morgan fingerprint density at radius 2 is 1.53 bits per heavy atom. The van der Waals surface area contributed by atoms with Crippen molar-refractivity contribution in [2.24, 2.45) is 5.92 Å². The van der Waals surface area contributed by atoms with Gasteiger partial charge < -0.3 is 0 Å². The van der Waals surface area contributed by atoms with Gasteiger partial charge in [-0.1, -0.05) is 65.9 Å². The van der Waals surface area contributed by atoms with Crippen LogP contribution in [0.25, 0.3) is 0 Å². The predicted molar refractivity (Wildman–Crippen MR) is 83.2 cm³/mol. The lowest BCUT2D eigenvalue weighted by Crippen LogP contribution is -2.11. The molecular formula is C18H30O. The van der Waals surface area contributed by atoms with Crippen LogP contribution in [0.5, 0.6) is 0 Å². The van der Waals surface area contributed by atoms with Gasteiger partial charge in [0.05, 0.1) is 0 Å². The molecule has 1 nitrogen and oxygen atoms in total. The molecule has 108 valence electrons. The molecule has 0 heterocycles. The third-order valence-electron chi connectivity index (χ3n) is 4.13. The minimum atomic E-state index is 0.111. The Balaban J connectivity index is 2.68. The van der Waals surface area contributed by atoms with E-state index in [4.69, 9.17) is 0 Å². The molecule has 0 amide bonds. The molecule has 0 spiro atoms. The first-order valence-corrected chi connectivity index (χ1v) is 8.12. The van der Waals surface area contributed by atoms with Crippen LogP contribution in [0.4, 0.5) is 0 Å². The Labute approximate surface area is 119 Å². The van der Waals surface area contributed by atoms with E-state index in [1.165, 1.54) is 31.3 Å². The third kappa shape index (κ3) is 4.06. The van der Waals surface area contributed by atoms with Crippen LogP contribution >= 0.6 is 0 Å². The second kappa shape index (κ2) is 8.35. The molecule has 0 bridgehead atoms. The highest BCUT2D eigenvalue weighted by Gasteiger charge is 2.34. The number of rotatable bonds is 9. The van der Waals surface area contributed by atoms with Gasteiger partial charge in [0.1, 0.15) is 0 Å². The van der Waals surface area contributed by atoms with Gasteiger partial charge in [0, 0.05) is 5.92 Å². The predicted octanol–water partition coefficient (Wildman–Crippen LogP) is 5.61. The van der Waals surface area contributed by atoms with Crippen LogP contribution in [0, 0.1) is 5.92 Å². The summed E-state index contributed by atoms with van der Waals surface area (Å²) >= 11 is 0. The van der Waals surface area contributed by atoms with E-state index in [2.05, 4.69) is 27.4 Å². The number of ketones is 1. The molecule has 0 N–H and O–H groups in total. The molecule has 1 aliphatic carbocycles. The fraction of sp³-hybridized carbons (Fsp3) is 0.722. The topological polar surface area (TPSA) is 17.1 Å². The van der Waals surface area contributed by atoms with Gasteiger partial charge >= 0.3 is 0 Å². The lowest BCUT2D eigenvalue weighted by Gasteiger charge is -2.11. The van der Waals surface area contributed by atoms with Gasteiger partial charge in [-0.2, -0.15) is 0 Å². The quantitative estimate of drug-likeness (QED) is 0.494. The second-order valence-corrected chi connectivity index (χ2v) is 5.75. The smallest absolute Gasteiger partial charge is 0.166 e. The molecule has 0 saturated carbocycles. The first kappa shape index (κ1) is 16.2. The molecule has 0 saturated heterocycles. The molecule has 0 aromatic rings. The molecule has 1 heteroatoms. The van der Waals surface area contributed by atoms with Crippen molar-refractivity contribution in [3.63, 3.8) is 0 Å². The van der Waals surface area contributed by atoms with E-state index >= 15 is 0 Å². The van der Waals surface area contributed by atoms with Crippen molar-refractivity contribution in [3.05, 3.63) is 23.3 Å². The van der Waals surface area contributed by atoms with Crippen molar-refractivity contribution in [1.82, 2.24) is 0 Å².